The summed E-state index contributed by atoms with van der Waals surface area (Å²) in [5.41, 5.74) is 2.44. The summed E-state index contributed by atoms with van der Waals surface area (Å²) in [5, 5.41) is 0. The molecule has 0 N–H and O–H groups in total. The van der Waals surface area contributed by atoms with Gasteiger partial charge in [0.05, 0.1) is 19.3 Å². The maximum atomic E-state index is 5.75. The lowest BCUT2D eigenvalue weighted by Crippen LogP contribution is -2.34. The molecule has 3 heterocycles. The fraction of sp³-hybridized carbons (Fsp3) is 0.500. The van der Waals surface area contributed by atoms with Crippen LogP contribution in [0.1, 0.15) is 30.0 Å². The van der Waals surface area contributed by atoms with Crippen molar-refractivity contribution in [1.82, 2.24) is 19.4 Å². The van der Waals surface area contributed by atoms with Gasteiger partial charge < -0.3 is 9.30 Å². The molecule has 0 aromatic carbocycles. The van der Waals surface area contributed by atoms with Gasteiger partial charge in [-0.05, 0) is 31.7 Å². The monoisotopic (exact) mass is 286 g/mol. The van der Waals surface area contributed by atoms with E-state index in [1.165, 1.54) is 11.5 Å². The quantitative estimate of drug-likeness (QED) is 0.789. The third-order valence-corrected chi connectivity index (χ3v) is 4.20. The number of likely N-dealkylation sites (N-methyl/N-ethyl adjacent to an activating group) is 1. The zero-order chi connectivity index (χ0) is 14.7. The molecular weight excluding hydrogens is 264 g/mol. The van der Waals surface area contributed by atoms with E-state index < -0.39 is 0 Å². The molecule has 0 amide bonds. The van der Waals surface area contributed by atoms with E-state index in [0.29, 0.717) is 12.6 Å². The molecule has 0 bridgehead atoms. The summed E-state index contributed by atoms with van der Waals surface area (Å²) in [6.45, 7) is 5.67. The van der Waals surface area contributed by atoms with Crippen molar-refractivity contribution in [1.29, 1.82) is 0 Å². The van der Waals surface area contributed by atoms with Crippen LogP contribution in [0.5, 0.6) is 0 Å². The Morgan fingerprint density at radius 2 is 2.10 bits per heavy atom. The highest BCUT2D eigenvalue weighted by molar-refractivity contribution is 5.11. The predicted molar refractivity (Wildman–Crippen MR) is 80.9 cm³/mol. The molecule has 5 heteroatoms. The van der Waals surface area contributed by atoms with E-state index in [1.807, 2.05) is 18.3 Å². The minimum absolute atomic E-state index is 0.394. The first-order valence-corrected chi connectivity index (χ1v) is 7.47. The van der Waals surface area contributed by atoms with Gasteiger partial charge in [0.25, 0.3) is 0 Å². The van der Waals surface area contributed by atoms with Crippen LogP contribution in [0.2, 0.25) is 0 Å². The smallest absolute Gasteiger partial charge is 0.126 e. The van der Waals surface area contributed by atoms with Gasteiger partial charge in [0.2, 0.25) is 0 Å². The molecule has 0 saturated heterocycles. The number of aromatic nitrogens is 3. The first-order chi connectivity index (χ1) is 10.3. The maximum absolute atomic E-state index is 5.75. The van der Waals surface area contributed by atoms with Crippen molar-refractivity contribution < 1.29 is 4.74 Å². The second-order valence-electron chi connectivity index (χ2n) is 5.57. The highest BCUT2D eigenvalue weighted by Crippen LogP contribution is 2.23. The summed E-state index contributed by atoms with van der Waals surface area (Å²) in [7, 11) is 2.15. The molecule has 112 valence electrons. The van der Waals surface area contributed by atoms with Crippen LogP contribution in [0.3, 0.4) is 0 Å². The van der Waals surface area contributed by atoms with Gasteiger partial charge in [0.1, 0.15) is 5.82 Å². The average Bonchev–Trinajstić information content (AvgIpc) is 2.92. The van der Waals surface area contributed by atoms with Crippen molar-refractivity contribution in [2.75, 3.05) is 20.2 Å². The molecule has 1 aliphatic heterocycles. The Bertz CT molecular complexity index is 581. The average molecular weight is 286 g/mol. The van der Waals surface area contributed by atoms with E-state index in [-0.39, 0.29) is 0 Å². The number of fused-ring (bicyclic) bond motifs is 1. The lowest BCUT2D eigenvalue weighted by Gasteiger charge is -2.31. The van der Waals surface area contributed by atoms with E-state index in [4.69, 9.17) is 4.74 Å². The molecule has 2 aromatic heterocycles. The molecule has 0 fully saturated rings. The van der Waals surface area contributed by atoms with Crippen LogP contribution < -0.4 is 0 Å². The van der Waals surface area contributed by atoms with Gasteiger partial charge in [-0.15, -0.1) is 0 Å². The summed E-state index contributed by atoms with van der Waals surface area (Å²) in [6, 6.07) is 4.36. The number of hydrogen-bond donors (Lipinski definition) is 0. The molecule has 2 aromatic rings. The highest BCUT2D eigenvalue weighted by atomic mass is 16.5. The molecule has 5 nitrogen and oxygen atoms in total. The van der Waals surface area contributed by atoms with E-state index in [2.05, 4.69) is 33.4 Å². The molecule has 0 radical (unpaired) electrons. The van der Waals surface area contributed by atoms with Gasteiger partial charge in [0, 0.05) is 43.8 Å². The van der Waals surface area contributed by atoms with Crippen LogP contribution in [0, 0.1) is 0 Å². The number of ether oxygens (including phenoxy) is 1. The zero-order valence-electron chi connectivity index (χ0n) is 12.7. The molecular formula is C16H22N4O. The topological polar surface area (TPSA) is 43.2 Å². The lowest BCUT2D eigenvalue weighted by atomic mass is 10.2. The highest BCUT2D eigenvalue weighted by Gasteiger charge is 2.23. The second kappa shape index (κ2) is 6.37. The van der Waals surface area contributed by atoms with Crippen LogP contribution in [0.25, 0.3) is 0 Å². The van der Waals surface area contributed by atoms with Gasteiger partial charge in [-0.1, -0.05) is 0 Å². The Balaban J connectivity index is 1.54. The van der Waals surface area contributed by atoms with Crippen LogP contribution in [-0.4, -0.2) is 39.6 Å². The summed E-state index contributed by atoms with van der Waals surface area (Å²) in [5.74, 6) is 1.17. The van der Waals surface area contributed by atoms with Gasteiger partial charge in [0.15, 0.2) is 0 Å². The van der Waals surface area contributed by atoms with Crippen molar-refractivity contribution in [2.24, 2.45) is 0 Å². The molecule has 1 atom stereocenters. The third-order valence-electron chi connectivity index (χ3n) is 4.20. The van der Waals surface area contributed by atoms with E-state index in [9.17, 15) is 0 Å². The fourth-order valence-corrected chi connectivity index (χ4v) is 2.71. The van der Waals surface area contributed by atoms with E-state index in [1.54, 1.807) is 12.4 Å². The fourth-order valence-electron chi connectivity index (χ4n) is 2.71. The van der Waals surface area contributed by atoms with Gasteiger partial charge in [-0.25, -0.2) is 4.98 Å². The lowest BCUT2D eigenvalue weighted by molar-refractivity contribution is 0.121. The number of imidazole rings is 1. The largest absolute Gasteiger partial charge is 0.376 e. The summed E-state index contributed by atoms with van der Waals surface area (Å²) in [4.78, 5) is 10.9. The number of pyridine rings is 1. The van der Waals surface area contributed by atoms with Crippen molar-refractivity contribution in [3.8, 4) is 0 Å². The number of hydrogen-bond acceptors (Lipinski definition) is 4. The van der Waals surface area contributed by atoms with Gasteiger partial charge in [-0.3, -0.25) is 9.88 Å². The Hall–Kier alpha value is -1.72. The van der Waals surface area contributed by atoms with E-state index in [0.717, 1.165) is 31.7 Å². The van der Waals surface area contributed by atoms with Gasteiger partial charge >= 0.3 is 0 Å². The first-order valence-electron chi connectivity index (χ1n) is 7.47. The Labute approximate surface area is 125 Å². The number of nitrogens with zero attached hydrogens (tertiary/aromatic N) is 4. The standard InChI is InChI=1S/C16H22N4O/c1-13-16-18-11-15(20(16)9-8-19(13)2)5-10-21-12-14-3-6-17-7-4-14/h3-4,6-7,11,13H,5,8-10,12H2,1-2H3/t13-/m1/s1. The normalized spacial score (nSPS) is 18.7. The van der Waals surface area contributed by atoms with Crippen LogP contribution >= 0.6 is 0 Å². The summed E-state index contributed by atoms with van der Waals surface area (Å²) < 4.78 is 8.10. The van der Waals surface area contributed by atoms with Crippen molar-refractivity contribution >= 4 is 0 Å². The predicted octanol–water partition coefficient (Wildman–Crippen LogP) is 2.04. The SMILES string of the molecule is C[C@@H]1c2ncc(CCOCc3ccncc3)n2CCN1C. The molecule has 21 heavy (non-hydrogen) atoms. The summed E-state index contributed by atoms with van der Waals surface area (Å²) in [6.07, 6.45) is 6.50. The molecule has 0 unspecified atom stereocenters. The van der Waals surface area contributed by atoms with E-state index >= 15 is 0 Å². The van der Waals surface area contributed by atoms with Crippen molar-refractivity contribution in [3.05, 3.63) is 47.8 Å². The third kappa shape index (κ3) is 3.14. The van der Waals surface area contributed by atoms with Crippen LogP contribution in [0.15, 0.2) is 30.7 Å². The second-order valence-corrected chi connectivity index (χ2v) is 5.57. The van der Waals surface area contributed by atoms with Crippen molar-refractivity contribution in [2.45, 2.75) is 32.5 Å². The molecule has 0 spiro atoms. The summed E-state index contributed by atoms with van der Waals surface area (Å²) >= 11 is 0. The number of rotatable bonds is 5. The van der Waals surface area contributed by atoms with Crippen LogP contribution in [-0.2, 0) is 24.3 Å². The van der Waals surface area contributed by atoms with Gasteiger partial charge in [-0.2, -0.15) is 0 Å². The minimum atomic E-state index is 0.394. The Morgan fingerprint density at radius 3 is 2.90 bits per heavy atom. The Kier molecular flexibility index (Phi) is 4.31. The molecule has 3 rings (SSSR count). The van der Waals surface area contributed by atoms with Crippen molar-refractivity contribution in [3.63, 3.8) is 0 Å². The first kappa shape index (κ1) is 14.2. The maximum Gasteiger partial charge on any atom is 0.126 e. The zero-order valence-corrected chi connectivity index (χ0v) is 12.7. The molecule has 0 saturated carbocycles. The Morgan fingerprint density at radius 1 is 1.29 bits per heavy atom. The minimum Gasteiger partial charge on any atom is -0.376 e. The molecule has 1 aliphatic rings. The van der Waals surface area contributed by atoms with Crippen LogP contribution in [0.4, 0.5) is 0 Å². The molecule has 0 aliphatic carbocycles.